The van der Waals surface area contributed by atoms with Gasteiger partial charge in [-0.25, -0.2) is 4.79 Å². The van der Waals surface area contributed by atoms with Crippen LogP contribution in [-0.4, -0.2) is 48.7 Å². The summed E-state index contributed by atoms with van der Waals surface area (Å²) in [5, 5.41) is 0. The quantitative estimate of drug-likeness (QED) is 0.582. The lowest BCUT2D eigenvalue weighted by Crippen LogP contribution is -2.42. The molecule has 26 heavy (non-hydrogen) atoms. The Hall–Kier alpha value is -2.48. The van der Waals surface area contributed by atoms with Crippen molar-refractivity contribution in [1.29, 1.82) is 0 Å². The molecule has 3 atom stereocenters. The summed E-state index contributed by atoms with van der Waals surface area (Å²) in [5.41, 5.74) is 6.45. The minimum Gasteiger partial charge on any atom is -0.454 e. The first-order valence-electron chi connectivity index (χ1n) is 8.63. The molecule has 144 valence electrons. The van der Waals surface area contributed by atoms with Crippen LogP contribution in [0.1, 0.15) is 33.3 Å². The van der Waals surface area contributed by atoms with Gasteiger partial charge in [-0.05, 0) is 44.9 Å². The average Bonchev–Trinajstić information content (AvgIpc) is 3.02. The number of ether oxygens (including phenoxy) is 4. The Kier molecular flexibility index (Phi) is 6.68. The Balaban J connectivity index is 1.93. The lowest BCUT2D eigenvalue weighted by atomic mass is 10.1. The standard InChI is InChI=1S/C18H26N2O6/c1-5-20(18(22)26-13(4)25-17(21)12(3)19)11(2)8-14-6-7-15-16(9-14)24-10-23-15/h6-7,9,11-13H,5,8,10,19H2,1-4H3. The van der Waals surface area contributed by atoms with Crippen molar-refractivity contribution in [2.75, 3.05) is 13.3 Å². The molecule has 8 nitrogen and oxygen atoms in total. The van der Waals surface area contributed by atoms with Crippen molar-refractivity contribution in [3.05, 3.63) is 23.8 Å². The molecule has 8 heteroatoms. The van der Waals surface area contributed by atoms with Gasteiger partial charge in [0.1, 0.15) is 6.04 Å². The van der Waals surface area contributed by atoms with Crippen molar-refractivity contribution >= 4 is 12.1 Å². The first-order chi connectivity index (χ1) is 12.3. The number of hydrogen-bond acceptors (Lipinski definition) is 7. The fraction of sp³-hybridized carbons (Fsp3) is 0.556. The third kappa shape index (κ3) is 5.01. The maximum atomic E-state index is 12.4. The number of esters is 1. The van der Waals surface area contributed by atoms with Gasteiger partial charge in [0, 0.05) is 19.5 Å². The highest BCUT2D eigenvalue weighted by molar-refractivity contribution is 5.75. The van der Waals surface area contributed by atoms with Crippen molar-refractivity contribution in [3.8, 4) is 11.5 Å². The van der Waals surface area contributed by atoms with E-state index in [1.54, 1.807) is 4.90 Å². The van der Waals surface area contributed by atoms with Crippen molar-refractivity contribution < 1.29 is 28.5 Å². The smallest absolute Gasteiger partial charge is 0.413 e. The zero-order valence-corrected chi connectivity index (χ0v) is 15.6. The first kappa shape index (κ1) is 19.8. The SMILES string of the molecule is CCN(C(=O)OC(C)OC(=O)C(C)N)C(C)Cc1ccc2c(c1)OCO2. The summed E-state index contributed by atoms with van der Waals surface area (Å²) in [6.45, 7) is 7.44. The molecular weight excluding hydrogens is 340 g/mol. The summed E-state index contributed by atoms with van der Waals surface area (Å²) in [5.74, 6) is 0.802. The molecule has 1 amide bonds. The third-order valence-corrected chi connectivity index (χ3v) is 4.00. The highest BCUT2D eigenvalue weighted by Crippen LogP contribution is 2.33. The first-order valence-corrected chi connectivity index (χ1v) is 8.63. The second-order valence-corrected chi connectivity index (χ2v) is 6.20. The second kappa shape index (κ2) is 8.75. The van der Waals surface area contributed by atoms with Crippen LogP contribution in [0.25, 0.3) is 0 Å². The second-order valence-electron chi connectivity index (χ2n) is 6.20. The van der Waals surface area contributed by atoms with E-state index in [1.807, 2.05) is 32.0 Å². The van der Waals surface area contributed by atoms with E-state index < -0.39 is 24.4 Å². The number of amides is 1. The van der Waals surface area contributed by atoms with E-state index in [-0.39, 0.29) is 12.8 Å². The van der Waals surface area contributed by atoms with E-state index in [0.29, 0.717) is 18.7 Å². The molecule has 3 unspecified atom stereocenters. The molecule has 2 rings (SSSR count). The Morgan fingerprint density at radius 3 is 2.54 bits per heavy atom. The Bertz CT molecular complexity index is 649. The molecule has 1 aliphatic heterocycles. The van der Waals surface area contributed by atoms with Gasteiger partial charge in [-0.2, -0.15) is 0 Å². The van der Waals surface area contributed by atoms with Gasteiger partial charge in [0.25, 0.3) is 0 Å². The molecular formula is C18H26N2O6. The zero-order valence-electron chi connectivity index (χ0n) is 15.6. The molecule has 2 N–H and O–H groups in total. The minimum atomic E-state index is -1.01. The van der Waals surface area contributed by atoms with Gasteiger partial charge >= 0.3 is 12.1 Å². The number of benzene rings is 1. The summed E-state index contributed by atoms with van der Waals surface area (Å²) < 4.78 is 20.8. The summed E-state index contributed by atoms with van der Waals surface area (Å²) in [7, 11) is 0. The lowest BCUT2D eigenvalue weighted by molar-refractivity contribution is -0.167. The van der Waals surface area contributed by atoms with Crippen LogP contribution >= 0.6 is 0 Å². The number of rotatable bonds is 7. The zero-order chi connectivity index (χ0) is 19.3. The van der Waals surface area contributed by atoms with Crippen molar-refractivity contribution in [3.63, 3.8) is 0 Å². The van der Waals surface area contributed by atoms with Crippen LogP contribution in [-0.2, 0) is 20.7 Å². The number of nitrogens with zero attached hydrogens (tertiary/aromatic N) is 1. The van der Waals surface area contributed by atoms with Gasteiger partial charge in [0.15, 0.2) is 11.5 Å². The third-order valence-electron chi connectivity index (χ3n) is 4.00. The average molecular weight is 366 g/mol. The van der Waals surface area contributed by atoms with Gasteiger partial charge in [-0.15, -0.1) is 0 Å². The summed E-state index contributed by atoms with van der Waals surface area (Å²) >= 11 is 0. The normalized spacial score (nSPS) is 15.7. The van der Waals surface area contributed by atoms with Crippen molar-refractivity contribution in [2.45, 2.75) is 52.5 Å². The van der Waals surface area contributed by atoms with Crippen molar-refractivity contribution in [1.82, 2.24) is 4.90 Å². The van der Waals surface area contributed by atoms with Crippen LogP contribution in [0.4, 0.5) is 4.79 Å². The minimum absolute atomic E-state index is 0.121. The molecule has 1 aliphatic rings. The maximum absolute atomic E-state index is 12.4. The van der Waals surface area contributed by atoms with Crippen LogP contribution in [0.2, 0.25) is 0 Å². The molecule has 1 aromatic rings. The van der Waals surface area contributed by atoms with Crippen LogP contribution < -0.4 is 15.2 Å². The Morgan fingerprint density at radius 1 is 1.19 bits per heavy atom. The monoisotopic (exact) mass is 366 g/mol. The van der Waals surface area contributed by atoms with Crippen molar-refractivity contribution in [2.24, 2.45) is 5.73 Å². The number of hydrogen-bond donors (Lipinski definition) is 1. The van der Waals surface area contributed by atoms with Crippen LogP contribution in [0, 0.1) is 0 Å². The highest BCUT2D eigenvalue weighted by Gasteiger charge is 2.24. The van der Waals surface area contributed by atoms with Gasteiger partial charge in [0.2, 0.25) is 13.1 Å². The van der Waals surface area contributed by atoms with Gasteiger partial charge in [-0.3, -0.25) is 4.79 Å². The molecule has 1 aromatic carbocycles. The van der Waals surface area contributed by atoms with E-state index in [0.717, 1.165) is 11.3 Å². The molecule has 0 aliphatic carbocycles. The summed E-state index contributed by atoms with van der Waals surface area (Å²) in [4.78, 5) is 25.4. The number of likely N-dealkylation sites (N-methyl/N-ethyl adjacent to an activating group) is 1. The van der Waals surface area contributed by atoms with E-state index in [1.165, 1.54) is 13.8 Å². The maximum Gasteiger partial charge on any atom is 0.413 e. The molecule has 0 spiro atoms. The molecule has 0 saturated heterocycles. The molecule has 0 saturated carbocycles. The molecule has 1 heterocycles. The molecule has 0 aromatic heterocycles. The fourth-order valence-electron chi connectivity index (χ4n) is 2.64. The largest absolute Gasteiger partial charge is 0.454 e. The topological polar surface area (TPSA) is 100 Å². The van der Waals surface area contributed by atoms with Gasteiger partial charge < -0.3 is 29.6 Å². The van der Waals surface area contributed by atoms with E-state index in [2.05, 4.69) is 0 Å². The highest BCUT2D eigenvalue weighted by atomic mass is 16.7. The van der Waals surface area contributed by atoms with E-state index >= 15 is 0 Å². The van der Waals surface area contributed by atoms with Gasteiger partial charge in [0.05, 0.1) is 0 Å². The number of carbonyl (C=O) groups is 2. The van der Waals surface area contributed by atoms with Gasteiger partial charge in [-0.1, -0.05) is 6.07 Å². The van der Waals surface area contributed by atoms with Crippen LogP contribution in [0.15, 0.2) is 18.2 Å². The summed E-state index contributed by atoms with van der Waals surface area (Å²) in [6.07, 6.45) is -0.938. The lowest BCUT2D eigenvalue weighted by Gasteiger charge is -2.28. The van der Waals surface area contributed by atoms with E-state index in [9.17, 15) is 9.59 Å². The molecule has 0 radical (unpaired) electrons. The predicted molar refractivity (Wildman–Crippen MR) is 93.8 cm³/mol. The molecule has 0 fully saturated rings. The van der Waals surface area contributed by atoms with Crippen LogP contribution in [0.3, 0.4) is 0 Å². The number of nitrogens with two attached hydrogens (primary N) is 1. The predicted octanol–water partition coefficient (Wildman–Crippen LogP) is 2.04. The number of carbonyl (C=O) groups excluding carboxylic acids is 2. The Labute approximate surface area is 153 Å². The molecule has 0 bridgehead atoms. The fourth-order valence-corrected chi connectivity index (χ4v) is 2.64. The number of fused-ring (bicyclic) bond motifs is 1. The Morgan fingerprint density at radius 2 is 1.88 bits per heavy atom. The van der Waals surface area contributed by atoms with E-state index in [4.69, 9.17) is 24.7 Å². The van der Waals surface area contributed by atoms with Crippen LogP contribution in [0.5, 0.6) is 11.5 Å². The summed E-state index contributed by atoms with van der Waals surface area (Å²) in [6, 6.07) is 4.81.